The summed E-state index contributed by atoms with van der Waals surface area (Å²) in [7, 11) is 3.35. The van der Waals surface area contributed by atoms with Crippen molar-refractivity contribution in [3.63, 3.8) is 0 Å². The van der Waals surface area contributed by atoms with Crippen molar-refractivity contribution in [1.82, 2.24) is 14.5 Å². The van der Waals surface area contributed by atoms with Gasteiger partial charge in [-0.3, -0.25) is 14.2 Å². The van der Waals surface area contributed by atoms with Crippen molar-refractivity contribution in [2.75, 3.05) is 26.0 Å². The number of carbonyl (C=O) groups is 1. The maximum atomic E-state index is 13.3. The highest BCUT2D eigenvalue weighted by molar-refractivity contribution is 5.94. The van der Waals surface area contributed by atoms with Gasteiger partial charge in [-0.2, -0.15) is 0 Å². The van der Waals surface area contributed by atoms with Crippen LogP contribution in [0.3, 0.4) is 0 Å². The molecular formula is C23H24N4O3. The van der Waals surface area contributed by atoms with Gasteiger partial charge in [0.05, 0.1) is 31.5 Å². The van der Waals surface area contributed by atoms with Crippen LogP contribution in [0, 0.1) is 0 Å². The second kappa shape index (κ2) is 8.41. The topological polar surface area (TPSA) is 76.5 Å². The minimum Gasteiger partial charge on any atom is -0.497 e. The van der Waals surface area contributed by atoms with Gasteiger partial charge in [-0.25, -0.2) is 4.98 Å². The van der Waals surface area contributed by atoms with E-state index in [2.05, 4.69) is 10.3 Å². The van der Waals surface area contributed by atoms with E-state index in [9.17, 15) is 9.59 Å². The normalized spacial score (nSPS) is 12.9. The van der Waals surface area contributed by atoms with Gasteiger partial charge in [0.15, 0.2) is 0 Å². The molecule has 0 bridgehead atoms. The van der Waals surface area contributed by atoms with Crippen molar-refractivity contribution in [1.29, 1.82) is 0 Å². The van der Waals surface area contributed by atoms with Crippen LogP contribution in [0.4, 0.5) is 5.95 Å². The summed E-state index contributed by atoms with van der Waals surface area (Å²) in [5.74, 6) is 1.13. The van der Waals surface area contributed by atoms with Crippen LogP contribution in [0.1, 0.15) is 27.2 Å². The predicted molar refractivity (Wildman–Crippen MR) is 115 cm³/mol. The van der Waals surface area contributed by atoms with Crippen LogP contribution in [-0.4, -0.2) is 41.1 Å². The summed E-state index contributed by atoms with van der Waals surface area (Å²) < 4.78 is 6.79. The van der Waals surface area contributed by atoms with Crippen molar-refractivity contribution in [2.24, 2.45) is 0 Å². The fraction of sp³-hybridized carbons (Fsp3) is 0.261. The summed E-state index contributed by atoms with van der Waals surface area (Å²) in [5.41, 5.74) is 2.81. The summed E-state index contributed by atoms with van der Waals surface area (Å²) in [5, 5.41) is 3.04. The van der Waals surface area contributed by atoms with E-state index in [0.29, 0.717) is 42.3 Å². The first-order chi connectivity index (χ1) is 14.6. The van der Waals surface area contributed by atoms with Gasteiger partial charge in [-0.05, 0) is 29.8 Å². The van der Waals surface area contributed by atoms with Gasteiger partial charge in [-0.1, -0.05) is 30.3 Å². The van der Waals surface area contributed by atoms with Gasteiger partial charge in [0, 0.05) is 25.6 Å². The fourth-order valence-electron chi connectivity index (χ4n) is 3.71. The number of carbonyl (C=O) groups excluding carboxylic acids is 1. The van der Waals surface area contributed by atoms with Gasteiger partial charge in [-0.15, -0.1) is 0 Å². The number of hydrogen-bond acceptors (Lipinski definition) is 5. The van der Waals surface area contributed by atoms with Gasteiger partial charge >= 0.3 is 0 Å². The van der Waals surface area contributed by atoms with Gasteiger partial charge < -0.3 is 15.0 Å². The van der Waals surface area contributed by atoms with Gasteiger partial charge in [0.2, 0.25) is 5.95 Å². The van der Waals surface area contributed by atoms with E-state index >= 15 is 0 Å². The maximum absolute atomic E-state index is 13.3. The van der Waals surface area contributed by atoms with Crippen LogP contribution in [0.15, 0.2) is 59.4 Å². The van der Waals surface area contributed by atoms with Crippen LogP contribution >= 0.6 is 0 Å². The molecule has 7 heteroatoms. The molecule has 1 N–H and O–H groups in total. The highest BCUT2D eigenvalue weighted by Gasteiger charge is 2.26. The number of rotatable bonds is 5. The molecule has 0 aliphatic carbocycles. The fourth-order valence-corrected chi connectivity index (χ4v) is 3.71. The number of anilines is 1. The Balaban J connectivity index is 1.64. The largest absolute Gasteiger partial charge is 0.497 e. The Labute approximate surface area is 174 Å². The standard InChI is InChI=1S/C23H24N4O3/c1-24-23-25-20-12-13-26(21(28)17-8-10-18(30-2)11-9-17)15-19(20)22(29)27(23)14-16-6-4-3-5-7-16/h3-11H,12-15H2,1-2H3,(H,24,25). The van der Waals surface area contributed by atoms with E-state index in [1.54, 1.807) is 47.9 Å². The highest BCUT2D eigenvalue weighted by Crippen LogP contribution is 2.20. The molecule has 2 heterocycles. The molecule has 154 valence electrons. The molecule has 7 nitrogen and oxygen atoms in total. The van der Waals surface area contributed by atoms with Crippen molar-refractivity contribution in [2.45, 2.75) is 19.5 Å². The van der Waals surface area contributed by atoms with Crippen LogP contribution in [-0.2, 0) is 19.5 Å². The average Bonchev–Trinajstić information content (AvgIpc) is 2.80. The molecule has 0 saturated heterocycles. The molecule has 2 aromatic carbocycles. The van der Waals surface area contributed by atoms with Crippen LogP contribution in [0.2, 0.25) is 0 Å². The molecule has 1 aliphatic rings. The van der Waals surface area contributed by atoms with Crippen molar-refractivity contribution < 1.29 is 9.53 Å². The third-order valence-corrected chi connectivity index (χ3v) is 5.35. The maximum Gasteiger partial charge on any atom is 0.260 e. The zero-order chi connectivity index (χ0) is 21.1. The van der Waals surface area contributed by atoms with Crippen molar-refractivity contribution >= 4 is 11.9 Å². The SMILES string of the molecule is CNc1nc2c(c(=O)n1Cc1ccccc1)CN(C(=O)c1ccc(OC)cc1)CC2. The number of aromatic nitrogens is 2. The Kier molecular flexibility index (Phi) is 5.52. The Morgan fingerprint density at radius 1 is 1.13 bits per heavy atom. The lowest BCUT2D eigenvalue weighted by atomic mass is 10.1. The third-order valence-electron chi connectivity index (χ3n) is 5.35. The number of hydrogen-bond donors (Lipinski definition) is 1. The summed E-state index contributed by atoms with van der Waals surface area (Å²) in [6, 6.07) is 16.8. The summed E-state index contributed by atoms with van der Waals surface area (Å²) in [4.78, 5) is 32.7. The second-order valence-corrected chi connectivity index (χ2v) is 7.19. The molecule has 0 fully saturated rings. The van der Waals surface area contributed by atoms with Gasteiger partial charge in [0.1, 0.15) is 5.75 Å². The minimum atomic E-state index is -0.111. The summed E-state index contributed by atoms with van der Waals surface area (Å²) in [6.45, 7) is 1.20. The van der Waals surface area contributed by atoms with Crippen LogP contribution < -0.4 is 15.6 Å². The quantitative estimate of drug-likeness (QED) is 0.707. The number of nitrogens with zero attached hydrogens (tertiary/aromatic N) is 3. The molecule has 0 radical (unpaired) electrons. The Morgan fingerprint density at radius 3 is 2.53 bits per heavy atom. The summed E-state index contributed by atoms with van der Waals surface area (Å²) in [6.07, 6.45) is 0.549. The summed E-state index contributed by atoms with van der Waals surface area (Å²) >= 11 is 0. The molecular weight excluding hydrogens is 380 g/mol. The molecule has 3 aromatic rings. The Hall–Kier alpha value is -3.61. The monoisotopic (exact) mass is 404 g/mol. The lowest BCUT2D eigenvalue weighted by Crippen LogP contribution is -2.41. The number of benzene rings is 2. The predicted octanol–water partition coefficient (Wildman–Crippen LogP) is 2.54. The molecule has 4 rings (SSSR count). The van der Waals surface area contributed by atoms with Crippen molar-refractivity contribution in [3.8, 4) is 5.75 Å². The average molecular weight is 404 g/mol. The zero-order valence-electron chi connectivity index (χ0n) is 17.1. The molecule has 1 aromatic heterocycles. The first-order valence-corrected chi connectivity index (χ1v) is 9.88. The second-order valence-electron chi connectivity index (χ2n) is 7.19. The minimum absolute atomic E-state index is 0.102. The van der Waals surface area contributed by atoms with E-state index in [4.69, 9.17) is 4.74 Å². The highest BCUT2D eigenvalue weighted by atomic mass is 16.5. The van der Waals surface area contributed by atoms with E-state index in [1.165, 1.54) is 0 Å². The smallest absolute Gasteiger partial charge is 0.260 e. The molecule has 1 amide bonds. The first-order valence-electron chi connectivity index (χ1n) is 9.88. The number of fused-ring (bicyclic) bond motifs is 1. The molecule has 30 heavy (non-hydrogen) atoms. The molecule has 0 atom stereocenters. The third kappa shape index (κ3) is 3.78. The lowest BCUT2D eigenvalue weighted by molar-refractivity contribution is 0.0732. The van der Waals surface area contributed by atoms with E-state index in [0.717, 1.165) is 11.3 Å². The Bertz CT molecular complexity index is 1110. The van der Waals surface area contributed by atoms with Crippen molar-refractivity contribution in [3.05, 3.63) is 87.3 Å². The first kappa shape index (κ1) is 19.7. The number of amides is 1. The number of ether oxygens (including phenoxy) is 1. The van der Waals surface area contributed by atoms with E-state index in [-0.39, 0.29) is 18.0 Å². The Morgan fingerprint density at radius 2 is 1.87 bits per heavy atom. The molecule has 1 aliphatic heterocycles. The number of methoxy groups -OCH3 is 1. The lowest BCUT2D eigenvalue weighted by Gasteiger charge is -2.29. The van der Waals surface area contributed by atoms with Crippen LogP contribution in [0.25, 0.3) is 0 Å². The molecule has 0 spiro atoms. The van der Waals surface area contributed by atoms with Crippen LogP contribution in [0.5, 0.6) is 5.75 Å². The zero-order valence-corrected chi connectivity index (χ0v) is 17.1. The number of nitrogens with one attached hydrogen (secondary N) is 1. The van der Waals surface area contributed by atoms with E-state index in [1.807, 2.05) is 30.3 Å². The molecule has 0 unspecified atom stereocenters. The molecule has 0 saturated carbocycles. The van der Waals surface area contributed by atoms with E-state index < -0.39 is 0 Å². The van der Waals surface area contributed by atoms with Gasteiger partial charge in [0.25, 0.3) is 11.5 Å².